The Morgan fingerprint density at radius 1 is 0.532 bits per heavy atom. The molecule has 9 nitrogen and oxygen atoms in total. The predicted octanol–water partition coefficient (Wildman–Crippen LogP) is 11.8. The van der Waals surface area contributed by atoms with Gasteiger partial charge in [-0.25, -0.2) is 0 Å². The zero-order valence-corrected chi connectivity index (χ0v) is 39.1. The lowest BCUT2D eigenvalue weighted by Crippen LogP contribution is -2.59. The standard InChI is InChI=1S/C53H90O9/c1-3-5-7-9-11-13-15-17-19-20-21-22-23-24-25-26-27-29-31-33-35-37-39-41-43-59-45-47(46-60-53-52(58)51(57)50(56)48(44-54)62-53)61-49(55)42-40-38-36-34-32-30-28-18-16-14-12-10-8-6-4-2/h5,7,11-14,17-19,21-22,24-25,28,47-48,50-54,56-58H,3-4,6,8-10,15-16,20,23,26-27,29-46H2,1-2H3/b7-5-,13-11-,14-12-,19-17-,22-21-,25-24-,28-18-. The van der Waals surface area contributed by atoms with Crippen molar-refractivity contribution >= 4 is 5.97 Å². The number of aliphatic hydroxyl groups excluding tert-OH is 4. The molecule has 0 spiro atoms. The first-order valence-corrected chi connectivity index (χ1v) is 24.7. The zero-order chi connectivity index (χ0) is 45.0. The smallest absolute Gasteiger partial charge is 0.306 e. The summed E-state index contributed by atoms with van der Waals surface area (Å²) in [6, 6.07) is 0. The van der Waals surface area contributed by atoms with Gasteiger partial charge in [-0.3, -0.25) is 4.79 Å². The molecule has 9 heteroatoms. The van der Waals surface area contributed by atoms with Crippen LogP contribution in [0.1, 0.15) is 181 Å². The van der Waals surface area contributed by atoms with E-state index in [0.29, 0.717) is 13.0 Å². The van der Waals surface area contributed by atoms with Gasteiger partial charge in [-0.1, -0.05) is 170 Å². The van der Waals surface area contributed by atoms with Crippen LogP contribution in [-0.2, 0) is 23.7 Å². The van der Waals surface area contributed by atoms with E-state index in [0.717, 1.165) is 103 Å². The van der Waals surface area contributed by atoms with Gasteiger partial charge in [0.15, 0.2) is 6.29 Å². The molecule has 0 aromatic rings. The summed E-state index contributed by atoms with van der Waals surface area (Å²) in [6.07, 6.45) is 51.8. The van der Waals surface area contributed by atoms with Gasteiger partial charge >= 0.3 is 5.97 Å². The van der Waals surface area contributed by atoms with Crippen LogP contribution in [0.5, 0.6) is 0 Å². The first kappa shape index (κ1) is 57.4. The maximum atomic E-state index is 12.8. The van der Waals surface area contributed by atoms with Crippen molar-refractivity contribution in [2.45, 2.75) is 218 Å². The van der Waals surface area contributed by atoms with E-state index < -0.39 is 43.4 Å². The third kappa shape index (κ3) is 33.9. The molecule has 0 amide bonds. The molecule has 0 aliphatic carbocycles. The molecule has 0 saturated carbocycles. The first-order valence-electron chi connectivity index (χ1n) is 24.7. The van der Waals surface area contributed by atoms with Crippen molar-refractivity contribution in [3.05, 3.63) is 85.1 Å². The molecule has 1 fully saturated rings. The molecular weight excluding hydrogens is 781 g/mol. The number of carbonyl (C=O) groups is 1. The van der Waals surface area contributed by atoms with Crippen molar-refractivity contribution < 1.29 is 44.2 Å². The van der Waals surface area contributed by atoms with Gasteiger partial charge in [0.25, 0.3) is 0 Å². The zero-order valence-electron chi connectivity index (χ0n) is 39.1. The number of hydrogen-bond acceptors (Lipinski definition) is 9. The number of esters is 1. The number of allylic oxidation sites excluding steroid dienone is 14. The van der Waals surface area contributed by atoms with E-state index in [2.05, 4.69) is 98.9 Å². The number of aliphatic hydroxyl groups is 4. The molecule has 6 atom stereocenters. The van der Waals surface area contributed by atoms with Crippen LogP contribution in [0.3, 0.4) is 0 Å². The monoisotopic (exact) mass is 871 g/mol. The lowest BCUT2D eigenvalue weighted by atomic mass is 9.99. The maximum absolute atomic E-state index is 12.8. The van der Waals surface area contributed by atoms with E-state index >= 15 is 0 Å². The quantitative estimate of drug-likeness (QED) is 0.0269. The lowest BCUT2D eigenvalue weighted by Gasteiger charge is -2.39. The molecule has 1 saturated heterocycles. The minimum atomic E-state index is -1.55. The van der Waals surface area contributed by atoms with Crippen molar-refractivity contribution in [2.24, 2.45) is 0 Å². The molecule has 6 unspecified atom stereocenters. The number of ether oxygens (including phenoxy) is 4. The topological polar surface area (TPSA) is 135 Å². The Morgan fingerprint density at radius 2 is 0.984 bits per heavy atom. The summed E-state index contributed by atoms with van der Waals surface area (Å²) in [6.45, 7) is 4.37. The maximum Gasteiger partial charge on any atom is 0.306 e. The van der Waals surface area contributed by atoms with E-state index in [9.17, 15) is 25.2 Å². The molecular formula is C53H90O9. The van der Waals surface area contributed by atoms with Crippen LogP contribution in [0.4, 0.5) is 0 Å². The van der Waals surface area contributed by atoms with Gasteiger partial charge in [-0.05, 0) is 89.9 Å². The normalized spacial score (nSPS) is 20.5. The highest BCUT2D eigenvalue weighted by Gasteiger charge is 2.44. The molecule has 62 heavy (non-hydrogen) atoms. The summed E-state index contributed by atoms with van der Waals surface area (Å²) < 4.78 is 22.8. The Hall–Kier alpha value is -2.63. The molecule has 1 heterocycles. The van der Waals surface area contributed by atoms with Gasteiger partial charge in [-0.2, -0.15) is 0 Å². The van der Waals surface area contributed by atoms with Crippen LogP contribution in [-0.4, -0.2) is 89.6 Å². The summed E-state index contributed by atoms with van der Waals surface area (Å²) >= 11 is 0. The predicted molar refractivity (Wildman–Crippen MR) is 256 cm³/mol. The third-order valence-electron chi connectivity index (χ3n) is 10.8. The third-order valence-corrected chi connectivity index (χ3v) is 10.8. The van der Waals surface area contributed by atoms with Crippen LogP contribution < -0.4 is 0 Å². The summed E-state index contributed by atoms with van der Waals surface area (Å²) in [5.74, 6) is -0.334. The van der Waals surface area contributed by atoms with Crippen molar-refractivity contribution in [1.29, 1.82) is 0 Å². The van der Waals surface area contributed by atoms with E-state index in [1.54, 1.807) is 0 Å². The second-order valence-corrected chi connectivity index (χ2v) is 16.5. The van der Waals surface area contributed by atoms with Gasteiger partial charge in [0.1, 0.15) is 30.5 Å². The average Bonchev–Trinajstić information content (AvgIpc) is 3.27. The molecule has 356 valence electrons. The van der Waals surface area contributed by atoms with Crippen molar-refractivity contribution in [3.63, 3.8) is 0 Å². The van der Waals surface area contributed by atoms with Gasteiger partial charge in [0.05, 0.1) is 19.8 Å². The van der Waals surface area contributed by atoms with Crippen LogP contribution >= 0.6 is 0 Å². The number of hydrogen-bond donors (Lipinski definition) is 4. The fourth-order valence-electron chi connectivity index (χ4n) is 6.96. The molecule has 0 aromatic carbocycles. The first-order chi connectivity index (χ1) is 30.4. The highest BCUT2D eigenvalue weighted by atomic mass is 16.7. The highest BCUT2D eigenvalue weighted by Crippen LogP contribution is 2.22. The van der Waals surface area contributed by atoms with E-state index in [-0.39, 0.29) is 19.2 Å². The minimum absolute atomic E-state index is 0.127. The Balaban J connectivity index is 2.23. The molecule has 0 radical (unpaired) electrons. The summed E-state index contributed by atoms with van der Waals surface area (Å²) in [5, 5.41) is 40.2. The van der Waals surface area contributed by atoms with E-state index in [4.69, 9.17) is 18.9 Å². The van der Waals surface area contributed by atoms with Crippen molar-refractivity contribution in [3.8, 4) is 0 Å². The fraction of sp³-hybridized carbons (Fsp3) is 0.717. The molecule has 1 aliphatic heterocycles. The van der Waals surface area contributed by atoms with Gasteiger partial charge in [-0.15, -0.1) is 0 Å². The minimum Gasteiger partial charge on any atom is -0.457 e. The Labute approximate surface area is 378 Å². The largest absolute Gasteiger partial charge is 0.457 e. The van der Waals surface area contributed by atoms with E-state index in [1.807, 2.05) is 0 Å². The molecule has 0 aromatic heterocycles. The fourth-order valence-corrected chi connectivity index (χ4v) is 6.96. The number of carbonyl (C=O) groups excluding carboxylic acids is 1. The molecule has 1 aliphatic rings. The van der Waals surface area contributed by atoms with Crippen LogP contribution in [0.2, 0.25) is 0 Å². The number of rotatable bonds is 41. The van der Waals surface area contributed by atoms with Crippen molar-refractivity contribution in [2.75, 3.05) is 26.4 Å². The lowest BCUT2D eigenvalue weighted by molar-refractivity contribution is -0.305. The Bertz CT molecular complexity index is 1220. The molecule has 0 bridgehead atoms. The average molecular weight is 871 g/mol. The highest BCUT2D eigenvalue weighted by molar-refractivity contribution is 5.69. The van der Waals surface area contributed by atoms with E-state index in [1.165, 1.54) is 57.8 Å². The van der Waals surface area contributed by atoms with Gasteiger partial charge in [0.2, 0.25) is 0 Å². The Morgan fingerprint density at radius 3 is 1.48 bits per heavy atom. The molecule has 1 rings (SSSR count). The van der Waals surface area contributed by atoms with Crippen molar-refractivity contribution in [1.82, 2.24) is 0 Å². The molecule has 4 N–H and O–H groups in total. The van der Waals surface area contributed by atoms with Gasteiger partial charge in [0, 0.05) is 13.0 Å². The summed E-state index contributed by atoms with van der Waals surface area (Å²) in [4.78, 5) is 12.8. The SMILES string of the molecule is CC/C=C\C/C=C\C/C=C\C/C=C\C/C=C\CCCCCCCCCCOCC(COC1OC(CO)C(O)C(O)C1O)OC(=O)CCCCCCC/C=C\C/C=C\CCCCC. The summed E-state index contributed by atoms with van der Waals surface area (Å²) in [7, 11) is 0. The number of unbranched alkanes of at least 4 members (excludes halogenated alkanes) is 16. The van der Waals surface area contributed by atoms with Crippen LogP contribution in [0.25, 0.3) is 0 Å². The van der Waals surface area contributed by atoms with Gasteiger partial charge < -0.3 is 39.4 Å². The second kappa shape index (κ2) is 43.6. The van der Waals surface area contributed by atoms with Crippen LogP contribution in [0, 0.1) is 0 Å². The second-order valence-electron chi connectivity index (χ2n) is 16.5. The van der Waals surface area contributed by atoms with Crippen LogP contribution in [0.15, 0.2) is 85.1 Å². The Kier molecular flexibility index (Phi) is 40.4. The summed E-state index contributed by atoms with van der Waals surface area (Å²) in [5.41, 5.74) is 0.